The molecule has 0 saturated carbocycles. The fourth-order valence-corrected chi connectivity index (χ4v) is 1.85. The van der Waals surface area contributed by atoms with E-state index in [2.05, 4.69) is 29.2 Å². The van der Waals surface area contributed by atoms with Crippen molar-refractivity contribution < 1.29 is 9.18 Å². The molecule has 1 unspecified atom stereocenters. The van der Waals surface area contributed by atoms with Crippen molar-refractivity contribution in [2.75, 3.05) is 12.4 Å². The van der Waals surface area contributed by atoms with E-state index < -0.39 is 11.9 Å². The molecule has 0 spiro atoms. The van der Waals surface area contributed by atoms with Gasteiger partial charge < -0.3 is 20.9 Å². The fraction of sp³-hybridized carbons (Fsp3) is 0.267. The van der Waals surface area contributed by atoms with Crippen LogP contribution >= 0.6 is 0 Å². The molecule has 1 aromatic rings. The van der Waals surface area contributed by atoms with Gasteiger partial charge in [-0.25, -0.2) is 4.39 Å². The van der Waals surface area contributed by atoms with Crippen molar-refractivity contribution in [2.24, 2.45) is 5.84 Å². The van der Waals surface area contributed by atoms with Crippen LogP contribution in [-0.4, -0.2) is 19.4 Å². The Hall–Kier alpha value is -2.34. The highest BCUT2D eigenvalue weighted by Gasteiger charge is 2.15. The lowest BCUT2D eigenvalue weighted by molar-refractivity contribution is -0.108. The SMILES string of the molecule is C=C(CCC(C=O)Nc1cccc(F)c1C(=C)NN)NC. The Labute approximate surface area is 124 Å². The first-order chi connectivity index (χ1) is 10.0. The molecular formula is C15H21FN4O. The molecule has 0 bridgehead atoms. The Morgan fingerprint density at radius 1 is 1.48 bits per heavy atom. The monoisotopic (exact) mass is 292 g/mol. The van der Waals surface area contributed by atoms with E-state index in [4.69, 9.17) is 5.84 Å². The van der Waals surface area contributed by atoms with Gasteiger partial charge >= 0.3 is 0 Å². The maximum atomic E-state index is 13.9. The zero-order valence-corrected chi connectivity index (χ0v) is 12.1. The number of hydrazine groups is 1. The summed E-state index contributed by atoms with van der Waals surface area (Å²) in [5, 5.41) is 5.92. The van der Waals surface area contributed by atoms with Gasteiger partial charge in [0, 0.05) is 18.4 Å². The number of aldehydes is 1. The average Bonchev–Trinajstić information content (AvgIpc) is 2.50. The summed E-state index contributed by atoms with van der Waals surface area (Å²) < 4.78 is 13.9. The highest BCUT2D eigenvalue weighted by atomic mass is 19.1. The number of nitrogens with one attached hydrogen (secondary N) is 3. The quantitative estimate of drug-likeness (QED) is 0.317. The minimum Gasteiger partial charge on any atom is -0.392 e. The number of halogens is 1. The molecule has 0 fully saturated rings. The van der Waals surface area contributed by atoms with Crippen LogP contribution in [0.5, 0.6) is 0 Å². The van der Waals surface area contributed by atoms with E-state index in [1.165, 1.54) is 6.07 Å². The molecule has 5 N–H and O–H groups in total. The molecule has 0 amide bonds. The van der Waals surface area contributed by atoms with E-state index in [0.29, 0.717) is 18.5 Å². The molecule has 0 aromatic heterocycles. The molecule has 0 aliphatic rings. The number of hydrogen-bond acceptors (Lipinski definition) is 5. The molecule has 1 aromatic carbocycles. The zero-order valence-electron chi connectivity index (χ0n) is 12.1. The van der Waals surface area contributed by atoms with Gasteiger partial charge in [-0.2, -0.15) is 0 Å². The number of carbonyl (C=O) groups excluding carboxylic acids is 1. The van der Waals surface area contributed by atoms with E-state index in [1.807, 2.05) is 0 Å². The van der Waals surface area contributed by atoms with E-state index in [0.717, 1.165) is 12.0 Å². The molecule has 0 saturated heterocycles. The molecule has 0 heterocycles. The number of benzene rings is 1. The Bertz CT molecular complexity index is 530. The Morgan fingerprint density at radius 2 is 2.19 bits per heavy atom. The minimum atomic E-state index is -0.466. The van der Waals surface area contributed by atoms with E-state index in [9.17, 15) is 9.18 Å². The molecule has 114 valence electrons. The van der Waals surface area contributed by atoms with Crippen molar-refractivity contribution >= 4 is 17.7 Å². The van der Waals surface area contributed by atoms with Gasteiger partial charge in [0.1, 0.15) is 12.1 Å². The normalized spacial score (nSPS) is 11.4. The molecule has 6 heteroatoms. The molecule has 0 aliphatic heterocycles. The van der Waals surface area contributed by atoms with Crippen LogP contribution in [0.15, 0.2) is 37.1 Å². The second-order valence-corrected chi connectivity index (χ2v) is 4.56. The smallest absolute Gasteiger partial charge is 0.142 e. The minimum absolute atomic E-state index is 0.222. The van der Waals surface area contributed by atoms with Crippen LogP contribution in [0.2, 0.25) is 0 Å². The van der Waals surface area contributed by atoms with E-state index >= 15 is 0 Å². The second kappa shape index (κ2) is 8.06. The third-order valence-electron chi connectivity index (χ3n) is 3.11. The molecule has 0 radical (unpaired) electrons. The van der Waals surface area contributed by atoms with Gasteiger partial charge in [-0.3, -0.25) is 5.84 Å². The first-order valence-corrected chi connectivity index (χ1v) is 6.55. The summed E-state index contributed by atoms with van der Waals surface area (Å²) >= 11 is 0. The van der Waals surface area contributed by atoms with Gasteiger partial charge in [-0.15, -0.1) is 0 Å². The predicted octanol–water partition coefficient (Wildman–Crippen LogP) is 1.75. The Morgan fingerprint density at radius 3 is 2.76 bits per heavy atom. The van der Waals surface area contributed by atoms with Crippen LogP contribution in [-0.2, 0) is 4.79 Å². The van der Waals surface area contributed by atoms with Gasteiger partial charge in [-0.05, 0) is 25.0 Å². The number of nitrogens with two attached hydrogens (primary N) is 1. The zero-order chi connectivity index (χ0) is 15.8. The van der Waals surface area contributed by atoms with Crippen LogP contribution in [0.25, 0.3) is 5.70 Å². The summed E-state index contributed by atoms with van der Waals surface area (Å²) in [7, 11) is 1.77. The fourth-order valence-electron chi connectivity index (χ4n) is 1.85. The number of anilines is 1. The number of rotatable bonds is 9. The van der Waals surface area contributed by atoms with E-state index in [-0.39, 0.29) is 11.3 Å². The third kappa shape index (κ3) is 4.61. The molecule has 1 atom stereocenters. The lowest BCUT2D eigenvalue weighted by atomic mass is 10.1. The molecule has 0 aliphatic carbocycles. The summed E-state index contributed by atoms with van der Waals surface area (Å²) in [6.07, 6.45) is 1.96. The highest BCUT2D eigenvalue weighted by molar-refractivity contribution is 5.76. The second-order valence-electron chi connectivity index (χ2n) is 4.56. The molecular weight excluding hydrogens is 271 g/mol. The van der Waals surface area contributed by atoms with Crippen LogP contribution in [0.4, 0.5) is 10.1 Å². The molecule has 5 nitrogen and oxygen atoms in total. The topological polar surface area (TPSA) is 79.2 Å². The number of allylic oxidation sites excluding steroid dienone is 1. The first kappa shape index (κ1) is 16.7. The molecule has 1 rings (SSSR count). The standard InChI is InChI=1S/C15H21FN4O/c1-10(18-3)7-8-12(9-21)19-14-6-4-5-13(16)15(14)11(2)20-17/h4-6,9,12,18-20H,1-2,7-8,17H2,3H3. The van der Waals surface area contributed by atoms with Crippen LogP contribution in [0.3, 0.4) is 0 Å². The van der Waals surface area contributed by atoms with Gasteiger partial charge in [0.15, 0.2) is 0 Å². The summed E-state index contributed by atoms with van der Waals surface area (Å²) in [4.78, 5) is 11.2. The lowest BCUT2D eigenvalue weighted by Crippen LogP contribution is -2.25. The van der Waals surface area contributed by atoms with Crippen molar-refractivity contribution in [3.63, 3.8) is 0 Å². The van der Waals surface area contributed by atoms with E-state index in [1.54, 1.807) is 19.2 Å². The Kier molecular flexibility index (Phi) is 6.42. The van der Waals surface area contributed by atoms with Crippen molar-refractivity contribution in [1.29, 1.82) is 0 Å². The van der Waals surface area contributed by atoms with Crippen molar-refractivity contribution in [3.05, 3.63) is 48.4 Å². The van der Waals surface area contributed by atoms with Crippen molar-refractivity contribution in [2.45, 2.75) is 18.9 Å². The third-order valence-corrected chi connectivity index (χ3v) is 3.11. The summed E-state index contributed by atoms with van der Waals surface area (Å²) in [5.74, 6) is 4.82. The Balaban J connectivity index is 2.89. The lowest BCUT2D eigenvalue weighted by Gasteiger charge is -2.19. The van der Waals surface area contributed by atoms with Gasteiger partial charge in [0.05, 0.1) is 17.3 Å². The van der Waals surface area contributed by atoms with Crippen molar-refractivity contribution in [3.8, 4) is 0 Å². The largest absolute Gasteiger partial charge is 0.392 e. The van der Waals surface area contributed by atoms with Gasteiger partial charge in [0.2, 0.25) is 0 Å². The summed E-state index contributed by atoms with van der Waals surface area (Å²) in [6.45, 7) is 7.46. The maximum Gasteiger partial charge on any atom is 0.142 e. The van der Waals surface area contributed by atoms with Gasteiger partial charge in [-0.1, -0.05) is 19.2 Å². The van der Waals surface area contributed by atoms with Crippen molar-refractivity contribution in [1.82, 2.24) is 10.7 Å². The molecule has 21 heavy (non-hydrogen) atoms. The average molecular weight is 292 g/mol. The van der Waals surface area contributed by atoms with Crippen LogP contribution < -0.4 is 21.9 Å². The number of hydrogen-bond donors (Lipinski definition) is 4. The van der Waals surface area contributed by atoms with Gasteiger partial charge in [0.25, 0.3) is 0 Å². The van der Waals surface area contributed by atoms with Crippen LogP contribution in [0, 0.1) is 5.82 Å². The summed E-state index contributed by atoms with van der Waals surface area (Å²) in [6, 6.07) is 4.08. The van der Waals surface area contributed by atoms with Crippen LogP contribution in [0.1, 0.15) is 18.4 Å². The number of carbonyl (C=O) groups is 1. The first-order valence-electron chi connectivity index (χ1n) is 6.55. The summed E-state index contributed by atoms with van der Waals surface area (Å²) in [5.41, 5.74) is 4.08. The predicted molar refractivity (Wildman–Crippen MR) is 83.7 cm³/mol. The highest BCUT2D eigenvalue weighted by Crippen LogP contribution is 2.25. The maximum absolute atomic E-state index is 13.9.